The van der Waals surface area contributed by atoms with Gasteiger partial charge >= 0.3 is 11.9 Å². The number of piperidine rings is 1. The summed E-state index contributed by atoms with van der Waals surface area (Å²) in [5.41, 5.74) is 3.12. The van der Waals surface area contributed by atoms with Gasteiger partial charge in [0.05, 0.1) is 13.1 Å². The maximum Gasteiger partial charge on any atom is 0.332 e. The number of carboxylic acid groups (broad SMARTS) is 2. The Bertz CT molecular complexity index is 443. The van der Waals surface area contributed by atoms with Gasteiger partial charge in [0.1, 0.15) is 0 Å². The van der Waals surface area contributed by atoms with Crippen molar-refractivity contribution in [2.75, 3.05) is 19.6 Å². The molecule has 0 aromatic heterocycles. The second kappa shape index (κ2) is 6.11. The second-order valence-electron chi connectivity index (χ2n) is 6.57. The predicted octanol–water partition coefficient (Wildman–Crippen LogP) is 0.180. The minimum atomic E-state index is -1.86. The largest absolute Gasteiger partial charge is 0.480 e. The van der Waals surface area contributed by atoms with E-state index >= 15 is 0 Å². The minimum Gasteiger partial charge on any atom is -0.480 e. The summed E-state index contributed by atoms with van der Waals surface area (Å²) in [5, 5.41) is 18.8. The summed E-state index contributed by atoms with van der Waals surface area (Å²) in [6, 6.07) is 0. The first-order chi connectivity index (χ1) is 9.58. The van der Waals surface area contributed by atoms with E-state index in [0.29, 0.717) is 12.8 Å². The fraction of sp³-hybridized carbons (Fsp3) is 0.786. The first-order valence-electron chi connectivity index (χ1n) is 7.02. The van der Waals surface area contributed by atoms with Crippen molar-refractivity contribution < 1.29 is 24.6 Å². The van der Waals surface area contributed by atoms with E-state index in [-0.39, 0.29) is 6.54 Å². The molecule has 2 unspecified atom stereocenters. The third kappa shape index (κ3) is 3.08. The van der Waals surface area contributed by atoms with E-state index < -0.39 is 47.7 Å². The molecule has 0 aromatic rings. The molecule has 1 saturated heterocycles. The molecule has 1 heterocycles. The molecule has 1 fully saturated rings. The second-order valence-corrected chi connectivity index (χ2v) is 6.57. The first kappa shape index (κ1) is 17.6. The van der Waals surface area contributed by atoms with E-state index in [4.69, 9.17) is 10.8 Å². The molecular weight excluding hydrogens is 276 g/mol. The molecule has 0 spiro atoms. The summed E-state index contributed by atoms with van der Waals surface area (Å²) in [5.74, 6) is -3.58. The Morgan fingerprint density at radius 3 is 2.24 bits per heavy atom. The van der Waals surface area contributed by atoms with Crippen molar-refractivity contribution >= 4 is 17.7 Å². The number of carbonyl (C=O) groups is 3. The SMILES string of the molecule is CC(C)(C)C1CCCN(CC(=O)O)C1(C(=O)O)C(=O)CN. The number of carbonyl (C=O) groups excluding carboxylic acids is 1. The van der Waals surface area contributed by atoms with E-state index in [9.17, 15) is 19.5 Å². The molecule has 0 bridgehead atoms. The highest BCUT2D eigenvalue weighted by Gasteiger charge is 2.60. The van der Waals surface area contributed by atoms with Crippen LogP contribution in [-0.2, 0) is 14.4 Å². The third-order valence-corrected chi connectivity index (χ3v) is 4.23. The van der Waals surface area contributed by atoms with Crippen LogP contribution in [0.15, 0.2) is 0 Å². The fourth-order valence-electron chi connectivity index (χ4n) is 3.45. The molecule has 1 aliphatic rings. The van der Waals surface area contributed by atoms with Crippen LogP contribution in [0.4, 0.5) is 0 Å². The molecular formula is C14H24N2O5. The summed E-state index contributed by atoms with van der Waals surface area (Å²) >= 11 is 0. The number of Topliss-reactive ketones (excluding diaryl/α,β-unsaturated/α-hetero) is 1. The van der Waals surface area contributed by atoms with Crippen molar-refractivity contribution in [3.8, 4) is 0 Å². The number of aliphatic carboxylic acids is 2. The van der Waals surface area contributed by atoms with Gasteiger partial charge in [0.25, 0.3) is 0 Å². The van der Waals surface area contributed by atoms with Gasteiger partial charge in [0.15, 0.2) is 11.3 Å². The summed E-state index contributed by atoms with van der Waals surface area (Å²) in [6.07, 6.45) is 1.21. The molecule has 1 aliphatic heterocycles. The van der Waals surface area contributed by atoms with Crippen LogP contribution in [0.5, 0.6) is 0 Å². The van der Waals surface area contributed by atoms with Crippen molar-refractivity contribution in [2.45, 2.75) is 39.2 Å². The van der Waals surface area contributed by atoms with E-state index in [2.05, 4.69) is 0 Å². The van der Waals surface area contributed by atoms with Gasteiger partial charge in [0, 0.05) is 12.5 Å². The van der Waals surface area contributed by atoms with Crippen molar-refractivity contribution in [1.82, 2.24) is 4.90 Å². The number of carboxylic acids is 2. The van der Waals surface area contributed by atoms with E-state index in [1.54, 1.807) is 0 Å². The molecule has 0 aliphatic carbocycles. The van der Waals surface area contributed by atoms with Crippen molar-refractivity contribution in [2.24, 2.45) is 17.1 Å². The molecule has 2 atom stereocenters. The molecule has 0 amide bonds. The van der Waals surface area contributed by atoms with Gasteiger partial charge in [-0.3, -0.25) is 14.5 Å². The van der Waals surface area contributed by atoms with Crippen molar-refractivity contribution in [1.29, 1.82) is 0 Å². The maximum atomic E-state index is 12.4. The lowest BCUT2D eigenvalue weighted by Gasteiger charge is -2.51. The summed E-state index contributed by atoms with van der Waals surface area (Å²) < 4.78 is 0. The van der Waals surface area contributed by atoms with Crippen LogP contribution in [0.3, 0.4) is 0 Å². The average molecular weight is 300 g/mol. The normalized spacial score (nSPS) is 27.3. The van der Waals surface area contributed by atoms with Gasteiger partial charge in [0.2, 0.25) is 0 Å². The van der Waals surface area contributed by atoms with Crippen LogP contribution in [-0.4, -0.2) is 58.0 Å². The third-order valence-electron chi connectivity index (χ3n) is 4.23. The number of likely N-dealkylation sites (tertiary alicyclic amines) is 1. The molecule has 7 nitrogen and oxygen atoms in total. The van der Waals surface area contributed by atoms with E-state index in [1.165, 1.54) is 4.90 Å². The number of hydrogen-bond donors (Lipinski definition) is 3. The number of hydrogen-bond acceptors (Lipinski definition) is 5. The Kier molecular flexibility index (Phi) is 5.11. The Labute approximate surface area is 124 Å². The monoisotopic (exact) mass is 300 g/mol. The minimum absolute atomic E-state index is 0.261. The number of nitrogens with two attached hydrogens (primary N) is 1. The standard InChI is InChI=1S/C14H24N2O5/c1-13(2,3)9-5-4-6-16(8-11(18)19)14(9,12(20)21)10(17)7-15/h9H,4-8,15H2,1-3H3,(H,18,19)(H,20,21). The Morgan fingerprint density at radius 1 is 1.29 bits per heavy atom. The zero-order valence-electron chi connectivity index (χ0n) is 12.8. The van der Waals surface area contributed by atoms with Gasteiger partial charge in [-0.1, -0.05) is 20.8 Å². The quantitative estimate of drug-likeness (QED) is 0.619. The number of ketones is 1. The number of rotatable bonds is 5. The predicted molar refractivity (Wildman–Crippen MR) is 75.8 cm³/mol. The highest BCUT2D eigenvalue weighted by atomic mass is 16.4. The zero-order chi connectivity index (χ0) is 16.4. The lowest BCUT2D eigenvalue weighted by Crippen LogP contribution is -2.70. The van der Waals surface area contributed by atoms with Crippen LogP contribution in [0, 0.1) is 11.3 Å². The van der Waals surface area contributed by atoms with Crippen molar-refractivity contribution in [3.05, 3.63) is 0 Å². The highest BCUT2D eigenvalue weighted by molar-refractivity contribution is 6.09. The molecule has 0 saturated carbocycles. The highest BCUT2D eigenvalue weighted by Crippen LogP contribution is 2.45. The summed E-state index contributed by atoms with van der Waals surface area (Å²) in [4.78, 5) is 36.8. The zero-order valence-corrected chi connectivity index (χ0v) is 12.8. The van der Waals surface area contributed by atoms with Gasteiger partial charge in [-0.05, 0) is 18.3 Å². The molecule has 4 N–H and O–H groups in total. The van der Waals surface area contributed by atoms with E-state index in [1.807, 2.05) is 20.8 Å². The molecule has 0 radical (unpaired) electrons. The van der Waals surface area contributed by atoms with Gasteiger partial charge in [-0.15, -0.1) is 0 Å². The molecule has 0 aromatic carbocycles. The first-order valence-corrected chi connectivity index (χ1v) is 7.02. The van der Waals surface area contributed by atoms with Crippen LogP contribution in [0.1, 0.15) is 33.6 Å². The smallest absolute Gasteiger partial charge is 0.332 e. The van der Waals surface area contributed by atoms with Gasteiger partial charge < -0.3 is 15.9 Å². The number of nitrogens with zero attached hydrogens (tertiary/aromatic N) is 1. The Hall–Kier alpha value is -1.47. The summed E-state index contributed by atoms with van der Waals surface area (Å²) in [6.45, 7) is 4.95. The molecule has 1 rings (SSSR count). The van der Waals surface area contributed by atoms with Gasteiger partial charge in [-0.2, -0.15) is 0 Å². The Balaban J connectivity index is 3.47. The van der Waals surface area contributed by atoms with Crippen LogP contribution in [0.2, 0.25) is 0 Å². The Morgan fingerprint density at radius 2 is 1.86 bits per heavy atom. The summed E-state index contributed by atoms with van der Waals surface area (Å²) in [7, 11) is 0. The van der Waals surface area contributed by atoms with Crippen LogP contribution in [0.25, 0.3) is 0 Å². The van der Waals surface area contributed by atoms with E-state index in [0.717, 1.165) is 0 Å². The molecule has 21 heavy (non-hydrogen) atoms. The van der Waals surface area contributed by atoms with Crippen LogP contribution >= 0.6 is 0 Å². The van der Waals surface area contributed by atoms with Gasteiger partial charge in [-0.25, -0.2) is 4.79 Å². The lowest BCUT2D eigenvalue weighted by atomic mass is 9.62. The lowest BCUT2D eigenvalue weighted by molar-refractivity contribution is -0.172. The maximum absolute atomic E-state index is 12.4. The van der Waals surface area contributed by atoms with Crippen molar-refractivity contribution in [3.63, 3.8) is 0 Å². The average Bonchev–Trinajstić information content (AvgIpc) is 2.35. The molecule has 7 heteroatoms. The fourth-order valence-corrected chi connectivity index (χ4v) is 3.45. The van der Waals surface area contributed by atoms with Crippen LogP contribution < -0.4 is 5.73 Å². The topological polar surface area (TPSA) is 121 Å². The molecule has 120 valence electrons.